The van der Waals surface area contributed by atoms with Crippen molar-refractivity contribution in [1.29, 1.82) is 0 Å². The molecule has 0 unspecified atom stereocenters. The second-order valence-electron chi connectivity index (χ2n) is 4.91. The average molecular weight is 255 g/mol. The smallest absolute Gasteiger partial charge is 0.124 e. The van der Waals surface area contributed by atoms with Crippen LogP contribution >= 0.6 is 0 Å². The Hall–Kier alpha value is -1.80. The summed E-state index contributed by atoms with van der Waals surface area (Å²) in [6, 6.07) is 16.5. The molecule has 1 atom stereocenters. The summed E-state index contributed by atoms with van der Waals surface area (Å²) in [7, 11) is 0. The van der Waals surface area contributed by atoms with E-state index >= 15 is 0 Å². The van der Waals surface area contributed by atoms with E-state index in [0.717, 1.165) is 17.7 Å². The van der Waals surface area contributed by atoms with Crippen molar-refractivity contribution in [1.82, 2.24) is 0 Å². The second-order valence-corrected chi connectivity index (χ2v) is 4.91. The second kappa shape index (κ2) is 6.39. The minimum Gasteiger partial charge on any atom is -0.493 e. The van der Waals surface area contributed by atoms with Crippen LogP contribution in [0.25, 0.3) is 0 Å². The highest BCUT2D eigenvalue weighted by atomic mass is 16.5. The molecule has 0 saturated heterocycles. The van der Waals surface area contributed by atoms with Gasteiger partial charge in [0, 0.05) is 18.0 Å². The first-order chi connectivity index (χ1) is 9.16. The summed E-state index contributed by atoms with van der Waals surface area (Å²) in [6.45, 7) is 4.72. The van der Waals surface area contributed by atoms with Gasteiger partial charge in [-0.1, -0.05) is 42.5 Å². The summed E-state index contributed by atoms with van der Waals surface area (Å²) >= 11 is 0. The van der Waals surface area contributed by atoms with Crippen LogP contribution in [-0.2, 0) is 6.42 Å². The fraction of sp³-hybridized carbons (Fsp3) is 0.294. The van der Waals surface area contributed by atoms with Crippen molar-refractivity contribution >= 4 is 0 Å². The molecule has 0 saturated carbocycles. The zero-order valence-corrected chi connectivity index (χ0v) is 11.6. The van der Waals surface area contributed by atoms with Crippen LogP contribution in [0.3, 0.4) is 0 Å². The van der Waals surface area contributed by atoms with Gasteiger partial charge in [0.1, 0.15) is 5.75 Å². The van der Waals surface area contributed by atoms with E-state index < -0.39 is 0 Å². The number of hydrogen-bond acceptors (Lipinski definition) is 2. The molecule has 0 radical (unpaired) electrons. The van der Waals surface area contributed by atoms with Gasteiger partial charge >= 0.3 is 0 Å². The monoisotopic (exact) mass is 255 g/mol. The quantitative estimate of drug-likeness (QED) is 0.885. The van der Waals surface area contributed by atoms with Gasteiger partial charge < -0.3 is 10.5 Å². The van der Waals surface area contributed by atoms with E-state index in [-0.39, 0.29) is 6.04 Å². The van der Waals surface area contributed by atoms with Crippen LogP contribution in [0.1, 0.15) is 29.7 Å². The van der Waals surface area contributed by atoms with Crippen LogP contribution in [0, 0.1) is 6.92 Å². The lowest BCUT2D eigenvalue weighted by Gasteiger charge is -2.14. The molecule has 2 heteroatoms. The molecule has 2 nitrogen and oxygen atoms in total. The molecule has 2 N–H and O–H groups in total. The Morgan fingerprint density at radius 2 is 1.84 bits per heavy atom. The SMILES string of the molecule is Cc1ccc([C@H](C)N)c(OCCc2ccccc2)c1. The van der Waals surface area contributed by atoms with Gasteiger partial charge in [0.25, 0.3) is 0 Å². The zero-order valence-electron chi connectivity index (χ0n) is 11.6. The molecular weight excluding hydrogens is 234 g/mol. The Labute approximate surface area is 115 Å². The molecule has 0 aromatic heterocycles. The summed E-state index contributed by atoms with van der Waals surface area (Å²) in [5.41, 5.74) is 9.52. The molecule has 0 bridgehead atoms. The van der Waals surface area contributed by atoms with E-state index in [2.05, 4.69) is 49.4 Å². The molecule has 0 fully saturated rings. The van der Waals surface area contributed by atoms with Gasteiger partial charge in [-0.2, -0.15) is 0 Å². The molecule has 0 heterocycles. The first kappa shape index (κ1) is 13.6. The van der Waals surface area contributed by atoms with Crippen molar-refractivity contribution in [3.63, 3.8) is 0 Å². The van der Waals surface area contributed by atoms with E-state index in [1.165, 1.54) is 11.1 Å². The fourth-order valence-electron chi connectivity index (χ4n) is 2.07. The standard InChI is InChI=1S/C17H21NO/c1-13-8-9-16(14(2)18)17(12-13)19-11-10-15-6-4-3-5-7-15/h3-9,12,14H,10-11,18H2,1-2H3/t14-/m0/s1. The molecule has 2 rings (SSSR count). The Morgan fingerprint density at radius 3 is 2.53 bits per heavy atom. The van der Waals surface area contributed by atoms with Crippen LogP contribution in [0.2, 0.25) is 0 Å². The molecule has 2 aromatic carbocycles. The fourth-order valence-corrected chi connectivity index (χ4v) is 2.07. The van der Waals surface area contributed by atoms with Crippen LogP contribution in [-0.4, -0.2) is 6.61 Å². The third-order valence-corrected chi connectivity index (χ3v) is 3.15. The third kappa shape index (κ3) is 3.83. The highest BCUT2D eigenvalue weighted by Gasteiger charge is 2.08. The molecule has 2 aromatic rings. The Bertz CT molecular complexity index is 520. The molecule has 0 aliphatic heterocycles. The first-order valence-electron chi connectivity index (χ1n) is 6.69. The van der Waals surface area contributed by atoms with Crippen molar-refractivity contribution in [3.05, 3.63) is 65.2 Å². The Balaban J connectivity index is 2.01. The maximum Gasteiger partial charge on any atom is 0.124 e. The van der Waals surface area contributed by atoms with Crippen LogP contribution in [0.4, 0.5) is 0 Å². The Morgan fingerprint density at radius 1 is 1.11 bits per heavy atom. The summed E-state index contributed by atoms with van der Waals surface area (Å²) in [5.74, 6) is 0.908. The first-order valence-corrected chi connectivity index (χ1v) is 6.69. The van der Waals surface area contributed by atoms with Crippen molar-refractivity contribution < 1.29 is 4.74 Å². The van der Waals surface area contributed by atoms with Crippen LogP contribution in [0.5, 0.6) is 5.75 Å². The number of nitrogens with two attached hydrogens (primary N) is 1. The van der Waals surface area contributed by atoms with Crippen molar-refractivity contribution in [3.8, 4) is 5.75 Å². The van der Waals surface area contributed by atoms with E-state index in [1.54, 1.807) is 0 Å². The largest absolute Gasteiger partial charge is 0.493 e. The van der Waals surface area contributed by atoms with Gasteiger partial charge in [-0.05, 0) is 31.0 Å². The predicted molar refractivity (Wildman–Crippen MR) is 79.4 cm³/mol. The zero-order chi connectivity index (χ0) is 13.7. The van der Waals surface area contributed by atoms with E-state index in [9.17, 15) is 0 Å². The lowest BCUT2D eigenvalue weighted by molar-refractivity contribution is 0.317. The Kier molecular flexibility index (Phi) is 4.58. The van der Waals surface area contributed by atoms with Gasteiger partial charge in [-0.15, -0.1) is 0 Å². The average Bonchev–Trinajstić information content (AvgIpc) is 2.39. The number of aryl methyl sites for hydroxylation is 1. The summed E-state index contributed by atoms with van der Waals surface area (Å²) in [6.07, 6.45) is 0.910. The van der Waals surface area contributed by atoms with Crippen molar-refractivity contribution in [2.45, 2.75) is 26.3 Å². The number of rotatable bonds is 5. The maximum absolute atomic E-state index is 5.97. The highest BCUT2D eigenvalue weighted by molar-refractivity contribution is 5.39. The number of benzene rings is 2. The topological polar surface area (TPSA) is 35.2 Å². The van der Waals surface area contributed by atoms with Gasteiger partial charge in [0.05, 0.1) is 6.61 Å². The molecule has 0 amide bonds. The van der Waals surface area contributed by atoms with Gasteiger partial charge in [0.2, 0.25) is 0 Å². The molecule has 100 valence electrons. The molecule has 0 spiro atoms. The van der Waals surface area contributed by atoms with Crippen LogP contribution in [0.15, 0.2) is 48.5 Å². The van der Waals surface area contributed by atoms with Gasteiger partial charge in [-0.3, -0.25) is 0 Å². The maximum atomic E-state index is 5.97. The normalized spacial score (nSPS) is 12.2. The van der Waals surface area contributed by atoms with Gasteiger partial charge in [-0.25, -0.2) is 0 Å². The van der Waals surface area contributed by atoms with E-state index in [1.807, 2.05) is 13.0 Å². The van der Waals surface area contributed by atoms with Gasteiger partial charge in [0.15, 0.2) is 0 Å². The predicted octanol–water partition coefficient (Wildman–Crippen LogP) is 3.64. The minimum absolute atomic E-state index is 0.00711. The van der Waals surface area contributed by atoms with E-state index in [0.29, 0.717) is 6.61 Å². The molecule has 19 heavy (non-hydrogen) atoms. The number of ether oxygens (including phenoxy) is 1. The lowest BCUT2D eigenvalue weighted by Crippen LogP contribution is -2.09. The van der Waals surface area contributed by atoms with Crippen molar-refractivity contribution in [2.24, 2.45) is 5.73 Å². The molecule has 0 aliphatic carbocycles. The lowest BCUT2D eigenvalue weighted by atomic mass is 10.1. The summed E-state index contributed by atoms with van der Waals surface area (Å²) in [5, 5.41) is 0. The highest BCUT2D eigenvalue weighted by Crippen LogP contribution is 2.25. The summed E-state index contributed by atoms with van der Waals surface area (Å²) < 4.78 is 5.90. The number of hydrogen-bond donors (Lipinski definition) is 1. The van der Waals surface area contributed by atoms with Crippen LogP contribution < -0.4 is 10.5 Å². The van der Waals surface area contributed by atoms with E-state index in [4.69, 9.17) is 10.5 Å². The van der Waals surface area contributed by atoms with Crippen molar-refractivity contribution in [2.75, 3.05) is 6.61 Å². The summed E-state index contributed by atoms with van der Waals surface area (Å²) in [4.78, 5) is 0. The minimum atomic E-state index is -0.00711. The molecular formula is C17H21NO. The molecule has 0 aliphatic rings. The third-order valence-electron chi connectivity index (χ3n) is 3.15.